The topological polar surface area (TPSA) is 84.0 Å². The number of thioether (sulfide) groups is 1. The zero-order valence-corrected chi connectivity index (χ0v) is 17.6. The quantitative estimate of drug-likeness (QED) is 0.462. The number of imide groups is 1. The number of hydrogen-bond acceptors (Lipinski definition) is 6. The molecule has 2 heterocycles. The summed E-state index contributed by atoms with van der Waals surface area (Å²) < 4.78 is 0. The first-order valence-corrected chi connectivity index (χ1v) is 10.9. The molecule has 0 aliphatic carbocycles. The first-order chi connectivity index (χ1) is 13.5. The van der Waals surface area contributed by atoms with E-state index in [0.29, 0.717) is 0 Å². The average molecular weight is 415 g/mol. The smallest absolute Gasteiger partial charge is 0.321 e. The number of nitrogens with zero attached hydrogens (tertiary/aromatic N) is 2. The van der Waals surface area contributed by atoms with Gasteiger partial charge in [0.05, 0.1) is 11.1 Å². The van der Waals surface area contributed by atoms with Crippen LogP contribution in [0.15, 0.2) is 41.0 Å². The molecule has 1 atom stereocenters. The van der Waals surface area contributed by atoms with Crippen LogP contribution >= 0.6 is 23.1 Å². The Labute approximate surface area is 172 Å². The van der Waals surface area contributed by atoms with E-state index < -0.39 is 6.03 Å². The number of carbonyl (C=O) groups is 2. The maximum Gasteiger partial charge on any atom is 0.321 e. The molecule has 0 saturated heterocycles. The molecule has 3 amide bonds. The molecule has 1 aromatic carbocycles. The molecule has 0 bridgehead atoms. The summed E-state index contributed by atoms with van der Waals surface area (Å²) in [6.07, 6.45) is 2.31. The first kappa shape index (κ1) is 20.3. The Kier molecular flexibility index (Phi) is 6.64. The first-order valence-electron chi connectivity index (χ1n) is 9.00. The third-order valence-electron chi connectivity index (χ3n) is 4.28. The normalized spacial score (nSPS) is 12.0. The van der Waals surface area contributed by atoms with Crippen LogP contribution in [0.1, 0.15) is 25.8 Å². The van der Waals surface area contributed by atoms with Gasteiger partial charge in [-0.25, -0.2) is 14.8 Å². The predicted octanol–water partition coefficient (Wildman–Crippen LogP) is 4.38. The summed E-state index contributed by atoms with van der Waals surface area (Å²) in [6.45, 7) is 5.91. The van der Waals surface area contributed by atoms with Crippen molar-refractivity contribution in [1.29, 1.82) is 0 Å². The Bertz CT molecular complexity index is 986. The van der Waals surface area contributed by atoms with Gasteiger partial charge in [0.1, 0.15) is 16.2 Å². The van der Waals surface area contributed by atoms with E-state index in [4.69, 9.17) is 0 Å². The minimum absolute atomic E-state index is 0.0183. The van der Waals surface area contributed by atoms with E-state index in [1.54, 1.807) is 11.3 Å². The second-order valence-electron chi connectivity index (χ2n) is 6.49. The number of aromatic nitrogens is 2. The van der Waals surface area contributed by atoms with Gasteiger partial charge in [0.2, 0.25) is 5.91 Å². The molecule has 0 radical (unpaired) electrons. The average Bonchev–Trinajstić information content (AvgIpc) is 3.11. The third-order valence-corrected chi connectivity index (χ3v) is 6.16. The number of rotatable bonds is 6. The van der Waals surface area contributed by atoms with E-state index in [2.05, 4.69) is 57.2 Å². The van der Waals surface area contributed by atoms with Gasteiger partial charge in [-0.1, -0.05) is 48.5 Å². The molecule has 6 nitrogen and oxygen atoms in total. The summed E-state index contributed by atoms with van der Waals surface area (Å²) in [5, 5.41) is 8.82. The fourth-order valence-corrected chi connectivity index (χ4v) is 4.35. The second-order valence-corrected chi connectivity index (χ2v) is 8.32. The lowest BCUT2D eigenvalue weighted by Gasteiger charge is -2.11. The summed E-state index contributed by atoms with van der Waals surface area (Å²) in [5.41, 5.74) is 3.34. The van der Waals surface area contributed by atoms with Crippen LogP contribution in [0.3, 0.4) is 0 Å². The number of hydrogen-bond donors (Lipinski definition) is 2. The number of urea groups is 1. The minimum Gasteiger partial charge on any atom is -0.335 e. The number of amides is 3. The largest absolute Gasteiger partial charge is 0.335 e. The number of aryl methyl sites for hydroxylation is 1. The molecule has 146 valence electrons. The molecular formula is C20H22N4O2S2. The highest BCUT2D eigenvalue weighted by Crippen LogP contribution is 2.37. The van der Waals surface area contributed by atoms with Gasteiger partial charge in [0.15, 0.2) is 0 Å². The minimum atomic E-state index is -0.469. The second kappa shape index (κ2) is 9.16. The molecular weight excluding hydrogens is 392 g/mol. The van der Waals surface area contributed by atoms with Crippen molar-refractivity contribution < 1.29 is 9.59 Å². The van der Waals surface area contributed by atoms with Crippen LogP contribution in [0.2, 0.25) is 0 Å². The third kappa shape index (κ3) is 4.88. The molecule has 0 saturated carbocycles. The van der Waals surface area contributed by atoms with Gasteiger partial charge >= 0.3 is 6.03 Å². The van der Waals surface area contributed by atoms with Gasteiger partial charge in [0.25, 0.3) is 0 Å². The summed E-state index contributed by atoms with van der Waals surface area (Å²) in [6, 6.07) is 7.83. The van der Waals surface area contributed by atoms with Crippen molar-refractivity contribution in [2.75, 3.05) is 5.75 Å². The van der Waals surface area contributed by atoms with Crippen molar-refractivity contribution in [3.8, 4) is 11.1 Å². The van der Waals surface area contributed by atoms with Crippen LogP contribution < -0.4 is 10.6 Å². The van der Waals surface area contributed by atoms with E-state index in [1.165, 1.54) is 23.7 Å². The highest BCUT2D eigenvalue weighted by atomic mass is 32.2. The van der Waals surface area contributed by atoms with Gasteiger partial charge in [-0.05, 0) is 25.8 Å². The zero-order valence-electron chi connectivity index (χ0n) is 16.0. The molecule has 0 fully saturated rings. The van der Waals surface area contributed by atoms with E-state index in [1.807, 2.05) is 13.8 Å². The maximum atomic E-state index is 12.1. The highest BCUT2D eigenvalue weighted by molar-refractivity contribution is 8.00. The molecule has 0 unspecified atom stereocenters. The predicted molar refractivity (Wildman–Crippen MR) is 115 cm³/mol. The Morgan fingerprint density at radius 3 is 2.68 bits per heavy atom. The fourth-order valence-electron chi connectivity index (χ4n) is 2.56. The van der Waals surface area contributed by atoms with Crippen LogP contribution in [0.25, 0.3) is 21.3 Å². The lowest BCUT2D eigenvalue weighted by molar-refractivity contribution is -0.117. The molecule has 2 N–H and O–H groups in total. The van der Waals surface area contributed by atoms with Crippen LogP contribution in [0.5, 0.6) is 0 Å². The van der Waals surface area contributed by atoms with Gasteiger partial charge in [-0.3, -0.25) is 10.1 Å². The van der Waals surface area contributed by atoms with E-state index in [-0.39, 0.29) is 17.7 Å². The molecule has 0 aliphatic heterocycles. The standard InChI is InChI=1S/C20H22N4O2S2/c1-4-13(3)23-20(26)24-16(25)10-28-19-17-15(9-27-18(17)21-11-22-19)14-7-5-12(2)6-8-14/h5-9,11,13H,4,10H2,1-3H3,(H2,23,24,25,26)/t13-/m1/s1. The highest BCUT2D eigenvalue weighted by Gasteiger charge is 2.16. The van der Waals surface area contributed by atoms with E-state index in [9.17, 15) is 9.59 Å². The lowest BCUT2D eigenvalue weighted by atomic mass is 10.1. The van der Waals surface area contributed by atoms with Crippen molar-refractivity contribution in [1.82, 2.24) is 20.6 Å². The molecule has 3 rings (SSSR count). The number of fused-ring (bicyclic) bond motifs is 1. The lowest BCUT2D eigenvalue weighted by Crippen LogP contribution is -2.43. The number of benzene rings is 1. The van der Waals surface area contributed by atoms with E-state index in [0.717, 1.165) is 32.8 Å². The van der Waals surface area contributed by atoms with Crippen LogP contribution in [0, 0.1) is 6.92 Å². The van der Waals surface area contributed by atoms with E-state index >= 15 is 0 Å². The van der Waals surface area contributed by atoms with Gasteiger partial charge in [-0.15, -0.1) is 11.3 Å². The summed E-state index contributed by atoms with van der Waals surface area (Å²) in [7, 11) is 0. The van der Waals surface area contributed by atoms with Crippen LogP contribution in [0.4, 0.5) is 4.79 Å². The number of carbonyl (C=O) groups excluding carboxylic acids is 2. The summed E-state index contributed by atoms with van der Waals surface area (Å²) in [4.78, 5) is 33.5. The number of thiophene rings is 1. The summed E-state index contributed by atoms with van der Waals surface area (Å²) in [5.74, 6) is -0.256. The van der Waals surface area contributed by atoms with Gasteiger partial charge < -0.3 is 5.32 Å². The van der Waals surface area contributed by atoms with Crippen molar-refractivity contribution >= 4 is 45.3 Å². The SMILES string of the molecule is CC[C@@H](C)NC(=O)NC(=O)CSc1ncnc2scc(-c3ccc(C)cc3)c12. The zero-order chi connectivity index (χ0) is 20.1. The Hall–Kier alpha value is -2.45. The van der Waals surface area contributed by atoms with Gasteiger partial charge in [0, 0.05) is 17.0 Å². The molecule has 3 aromatic rings. The van der Waals surface area contributed by atoms with Crippen molar-refractivity contribution in [2.45, 2.75) is 38.3 Å². The van der Waals surface area contributed by atoms with Crippen molar-refractivity contribution in [3.63, 3.8) is 0 Å². The molecule has 0 aliphatic rings. The van der Waals surface area contributed by atoms with Crippen LogP contribution in [-0.2, 0) is 4.79 Å². The van der Waals surface area contributed by atoms with Crippen molar-refractivity contribution in [3.05, 3.63) is 41.5 Å². The Morgan fingerprint density at radius 2 is 1.96 bits per heavy atom. The van der Waals surface area contributed by atoms with Crippen molar-refractivity contribution in [2.24, 2.45) is 0 Å². The van der Waals surface area contributed by atoms with Gasteiger partial charge in [-0.2, -0.15) is 0 Å². The molecule has 28 heavy (non-hydrogen) atoms. The maximum absolute atomic E-state index is 12.1. The molecule has 8 heteroatoms. The Morgan fingerprint density at radius 1 is 1.21 bits per heavy atom. The summed E-state index contributed by atoms with van der Waals surface area (Å²) >= 11 is 2.86. The number of nitrogens with one attached hydrogen (secondary N) is 2. The Balaban J connectivity index is 1.75. The van der Waals surface area contributed by atoms with Crippen LogP contribution in [-0.4, -0.2) is 33.7 Å². The monoisotopic (exact) mass is 414 g/mol. The molecule has 0 spiro atoms. The molecule has 2 aromatic heterocycles. The fraction of sp³-hybridized carbons (Fsp3) is 0.300.